The van der Waals surface area contributed by atoms with Gasteiger partial charge in [-0.3, -0.25) is 9.69 Å². The third kappa shape index (κ3) is 4.06. The van der Waals surface area contributed by atoms with Crippen LogP contribution in [0.1, 0.15) is 36.4 Å². The van der Waals surface area contributed by atoms with E-state index in [1.54, 1.807) is 32.4 Å². The highest BCUT2D eigenvalue weighted by Gasteiger charge is 2.36. The molecule has 1 fully saturated rings. The predicted molar refractivity (Wildman–Crippen MR) is 99.8 cm³/mol. The summed E-state index contributed by atoms with van der Waals surface area (Å²) in [6, 6.07) is 10.6. The van der Waals surface area contributed by atoms with E-state index in [1.165, 1.54) is 12.1 Å². The zero-order valence-electron chi connectivity index (χ0n) is 15.5. The number of halogens is 1. The normalized spacial score (nSPS) is 18.7. The van der Waals surface area contributed by atoms with Crippen LogP contribution in [-0.4, -0.2) is 42.8 Å². The van der Waals surface area contributed by atoms with Crippen molar-refractivity contribution in [2.45, 2.75) is 31.3 Å². The van der Waals surface area contributed by atoms with Gasteiger partial charge in [0.25, 0.3) is 0 Å². The first-order chi connectivity index (χ1) is 13.0. The van der Waals surface area contributed by atoms with E-state index in [0.717, 1.165) is 18.4 Å². The number of rotatable bonds is 6. The molecule has 1 aliphatic rings. The van der Waals surface area contributed by atoms with E-state index >= 15 is 0 Å². The second-order valence-corrected chi connectivity index (χ2v) is 6.65. The summed E-state index contributed by atoms with van der Waals surface area (Å²) in [6.07, 6.45) is 2.31. The fourth-order valence-electron chi connectivity index (χ4n) is 3.81. The number of ether oxygens (including phenoxy) is 2. The third-order valence-corrected chi connectivity index (χ3v) is 5.06. The molecule has 0 amide bonds. The molecule has 5 nitrogen and oxygen atoms in total. The Kier molecular flexibility index (Phi) is 5.96. The number of carboxylic acid groups (broad SMARTS) is 1. The molecule has 0 saturated carbocycles. The molecule has 2 aromatic rings. The first-order valence-corrected chi connectivity index (χ1v) is 9.01. The molecule has 2 unspecified atom stereocenters. The van der Waals surface area contributed by atoms with Crippen LogP contribution in [0.4, 0.5) is 4.39 Å². The Balaban J connectivity index is 2.17. The molecule has 1 heterocycles. The molecule has 0 bridgehead atoms. The van der Waals surface area contributed by atoms with Gasteiger partial charge in [0.05, 0.1) is 20.3 Å². The van der Waals surface area contributed by atoms with Gasteiger partial charge in [0, 0.05) is 5.56 Å². The Hall–Kier alpha value is -2.60. The maximum atomic E-state index is 14.0. The number of aliphatic carboxylic acids is 1. The Morgan fingerprint density at radius 3 is 2.67 bits per heavy atom. The first-order valence-electron chi connectivity index (χ1n) is 9.01. The van der Waals surface area contributed by atoms with Crippen LogP contribution in [0.2, 0.25) is 0 Å². The van der Waals surface area contributed by atoms with E-state index in [1.807, 2.05) is 17.0 Å². The molecular weight excluding hydrogens is 349 g/mol. The zero-order valence-corrected chi connectivity index (χ0v) is 15.5. The Morgan fingerprint density at radius 1 is 1.19 bits per heavy atom. The smallest absolute Gasteiger partial charge is 0.320 e. The number of benzene rings is 2. The van der Waals surface area contributed by atoms with E-state index in [-0.39, 0.29) is 5.82 Å². The van der Waals surface area contributed by atoms with Crippen molar-refractivity contribution in [1.29, 1.82) is 0 Å². The highest BCUT2D eigenvalue weighted by molar-refractivity contribution is 5.74. The van der Waals surface area contributed by atoms with Crippen molar-refractivity contribution in [3.63, 3.8) is 0 Å². The fourth-order valence-corrected chi connectivity index (χ4v) is 3.81. The number of nitrogens with zero attached hydrogens (tertiary/aromatic N) is 1. The summed E-state index contributed by atoms with van der Waals surface area (Å²) in [6.45, 7) is 0.610. The van der Waals surface area contributed by atoms with Crippen LogP contribution in [0.5, 0.6) is 11.5 Å². The highest BCUT2D eigenvalue weighted by atomic mass is 19.1. The standard InChI is InChI=1S/C21H24FNO4/c1-26-16-9-10-19(27-2)17(13-16)20(14-6-5-7-15(22)12-14)23-11-4-3-8-18(23)21(24)25/h5-7,9-10,12-13,18,20H,3-4,8,11H2,1-2H3,(H,24,25). The monoisotopic (exact) mass is 373 g/mol. The number of carbonyl (C=O) groups is 1. The summed E-state index contributed by atoms with van der Waals surface area (Å²) < 4.78 is 24.9. The van der Waals surface area contributed by atoms with Gasteiger partial charge in [-0.1, -0.05) is 18.6 Å². The molecule has 6 heteroatoms. The summed E-state index contributed by atoms with van der Waals surface area (Å²) in [4.78, 5) is 13.8. The van der Waals surface area contributed by atoms with E-state index in [4.69, 9.17) is 9.47 Å². The Morgan fingerprint density at radius 2 is 2.00 bits per heavy atom. The van der Waals surface area contributed by atoms with Crippen molar-refractivity contribution >= 4 is 5.97 Å². The molecule has 0 radical (unpaired) electrons. The number of likely N-dealkylation sites (tertiary alicyclic amines) is 1. The highest BCUT2D eigenvalue weighted by Crippen LogP contribution is 2.40. The molecule has 3 rings (SSSR count). The van der Waals surface area contributed by atoms with Gasteiger partial charge in [-0.25, -0.2) is 4.39 Å². The Bertz CT molecular complexity index is 811. The summed E-state index contributed by atoms with van der Waals surface area (Å²) in [5.41, 5.74) is 1.45. The molecule has 2 atom stereocenters. The van der Waals surface area contributed by atoms with Gasteiger partial charge in [-0.2, -0.15) is 0 Å². The van der Waals surface area contributed by atoms with Crippen molar-refractivity contribution in [1.82, 2.24) is 4.90 Å². The van der Waals surface area contributed by atoms with Crippen LogP contribution < -0.4 is 9.47 Å². The average molecular weight is 373 g/mol. The van der Waals surface area contributed by atoms with Crippen LogP contribution in [-0.2, 0) is 4.79 Å². The van der Waals surface area contributed by atoms with Crippen LogP contribution in [0.3, 0.4) is 0 Å². The Labute approximate surface area is 158 Å². The number of hydrogen-bond donors (Lipinski definition) is 1. The van der Waals surface area contributed by atoms with Gasteiger partial charge in [-0.15, -0.1) is 0 Å². The van der Waals surface area contributed by atoms with Crippen molar-refractivity contribution in [3.8, 4) is 11.5 Å². The van der Waals surface area contributed by atoms with Gasteiger partial charge in [-0.05, 0) is 55.3 Å². The molecule has 0 aromatic heterocycles. The molecule has 2 aromatic carbocycles. The van der Waals surface area contributed by atoms with Crippen LogP contribution in [0.15, 0.2) is 42.5 Å². The topological polar surface area (TPSA) is 59.0 Å². The van der Waals surface area contributed by atoms with E-state index in [0.29, 0.717) is 30.0 Å². The van der Waals surface area contributed by atoms with Crippen molar-refractivity contribution < 1.29 is 23.8 Å². The second kappa shape index (κ2) is 8.39. The second-order valence-electron chi connectivity index (χ2n) is 6.65. The van der Waals surface area contributed by atoms with E-state index in [2.05, 4.69) is 0 Å². The molecular formula is C21H24FNO4. The molecule has 1 N–H and O–H groups in total. The number of hydrogen-bond acceptors (Lipinski definition) is 4. The van der Waals surface area contributed by atoms with Crippen molar-refractivity contribution in [2.24, 2.45) is 0 Å². The van der Waals surface area contributed by atoms with Crippen molar-refractivity contribution in [3.05, 3.63) is 59.4 Å². The molecule has 0 aliphatic carbocycles. The molecule has 0 spiro atoms. The minimum Gasteiger partial charge on any atom is -0.497 e. The zero-order chi connectivity index (χ0) is 19.4. The lowest BCUT2D eigenvalue weighted by Gasteiger charge is -2.40. The minimum absolute atomic E-state index is 0.358. The molecule has 144 valence electrons. The maximum Gasteiger partial charge on any atom is 0.320 e. The SMILES string of the molecule is COc1ccc(OC)c(C(c2cccc(F)c2)N2CCCCC2C(=O)O)c1. The quantitative estimate of drug-likeness (QED) is 0.833. The van der Waals surface area contributed by atoms with Gasteiger partial charge in [0.1, 0.15) is 23.4 Å². The van der Waals surface area contributed by atoms with Crippen LogP contribution in [0.25, 0.3) is 0 Å². The predicted octanol–water partition coefficient (Wildman–Crippen LogP) is 3.87. The van der Waals surface area contributed by atoms with Gasteiger partial charge in [0.15, 0.2) is 0 Å². The minimum atomic E-state index is -0.863. The van der Waals surface area contributed by atoms with Crippen LogP contribution >= 0.6 is 0 Å². The van der Waals surface area contributed by atoms with E-state index < -0.39 is 18.1 Å². The van der Waals surface area contributed by atoms with Gasteiger partial charge >= 0.3 is 5.97 Å². The van der Waals surface area contributed by atoms with E-state index in [9.17, 15) is 14.3 Å². The first kappa shape index (κ1) is 19.2. The lowest BCUT2D eigenvalue weighted by atomic mass is 9.91. The van der Waals surface area contributed by atoms with Crippen molar-refractivity contribution in [2.75, 3.05) is 20.8 Å². The summed E-state index contributed by atoms with van der Waals surface area (Å²) in [7, 11) is 3.14. The number of piperidine rings is 1. The summed E-state index contributed by atoms with van der Waals surface area (Å²) in [5.74, 6) is 0.0251. The number of carboxylic acids is 1. The average Bonchev–Trinajstić information content (AvgIpc) is 2.68. The maximum absolute atomic E-state index is 14.0. The third-order valence-electron chi connectivity index (χ3n) is 5.06. The molecule has 1 aliphatic heterocycles. The lowest BCUT2D eigenvalue weighted by Crippen LogP contribution is -2.47. The molecule has 27 heavy (non-hydrogen) atoms. The van der Waals surface area contributed by atoms with Crippen LogP contribution in [0, 0.1) is 5.82 Å². The molecule has 1 saturated heterocycles. The number of methoxy groups -OCH3 is 2. The summed E-state index contributed by atoms with van der Waals surface area (Å²) >= 11 is 0. The summed E-state index contributed by atoms with van der Waals surface area (Å²) in [5, 5.41) is 9.76. The largest absolute Gasteiger partial charge is 0.497 e. The van der Waals surface area contributed by atoms with Gasteiger partial charge < -0.3 is 14.6 Å². The lowest BCUT2D eigenvalue weighted by molar-refractivity contribution is -0.145. The van der Waals surface area contributed by atoms with Gasteiger partial charge in [0.2, 0.25) is 0 Å². The fraction of sp³-hybridized carbons (Fsp3) is 0.381.